The van der Waals surface area contributed by atoms with Crippen LogP contribution in [0.5, 0.6) is 0 Å². The van der Waals surface area contributed by atoms with Crippen molar-refractivity contribution in [1.82, 2.24) is 58.1 Å². The number of amides is 3. The zero-order valence-corrected chi connectivity index (χ0v) is 78.8. The predicted molar refractivity (Wildman–Crippen MR) is 544 cm³/mol. The molecule has 6 atom stereocenters. The second-order valence-electron chi connectivity index (χ2n) is 29.7. The van der Waals surface area contributed by atoms with Crippen molar-refractivity contribution in [2.75, 3.05) is 84.5 Å². The van der Waals surface area contributed by atoms with Gasteiger partial charge in [-0.25, -0.2) is 13.2 Å². The van der Waals surface area contributed by atoms with E-state index in [2.05, 4.69) is 15.0 Å². The van der Waals surface area contributed by atoms with Gasteiger partial charge >= 0.3 is 18.5 Å². The summed E-state index contributed by atoms with van der Waals surface area (Å²) in [7, 11) is 0. The third kappa shape index (κ3) is 29.8. The normalized spacial score (nSPS) is 28.0. The maximum Gasteiger partial charge on any atom is 0.416 e. The summed E-state index contributed by atoms with van der Waals surface area (Å²) in [5.74, 6) is -20.7. The third-order valence-electron chi connectivity index (χ3n) is 20.0. The zero-order valence-electron chi connectivity index (χ0n) is 143. The average molecular weight is 2110 g/mol. The van der Waals surface area contributed by atoms with Crippen molar-refractivity contribution in [2.24, 2.45) is 17.7 Å². The summed E-state index contributed by atoms with van der Waals surface area (Å²) in [5, 5.41) is -2.27. The molecule has 766 valence electrons. The van der Waals surface area contributed by atoms with Crippen LogP contribution in [0.4, 0.5) is 52.7 Å². The third-order valence-corrected chi connectivity index (χ3v) is 23.0. The van der Waals surface area contributed by atoms with E-state index in [0.717, 1.165) is 66.9 Å². The Balaban J connectivity index is 0.000000253. The molecule has 33 heteroatoms. The molecule has 0 radical (unpaired) electrons. The van der Waals surface area contributed by atoms with Crippen LogP contribution in [0.2, 0.25) is 0 Å². The van der Waals surface area contributed by atoms with Crippen LogP contribution in [0.3, 0.4) is 0 Å². The van der Waals surface area contributed by atoms with Crippen LogP contribution >= 0.6 is 35.3 Å². The molecule has 5 aliphatic carbocycles. The molecule has 3 heterocycles. The fourth-order valence-electron chi connectivity index (χ4n) is 13.1. The standard InChI is InChI=1S/2C37H40F4N4O2S.C37H44F4N4O2S/c2*1-4-43(5-2)18-19-44(22-26-6-10-28(11-7-26)29-12-14-30(15-13-29)37(39,40)41)34(46)23-45-33-21-25(3)20-32(33)35(47)42-36(45)48-24-27-8-16-31(38)17-9-27;1-4-43(5-2)19-20-44(22-26-9-13-28(14-10-26)29-15-18-32(25(3)21-29)37(39,40)41)34(46)23-45-33-8-6-7-31(33)35(47)42-36(45)48-24-27-11-16-30(38)17-12-27/h2*6-17,25H,4-5,18-24H2,1-3H3;9,11-13,15-18,25H,4-8,10,14,19-24H2,1-3H3/i4D2,5D2,6D,7D,8D,9D,10D,11D,12D,13D,14D,15D,16D,17D,18D2,19D2,20D2,21D2,22D2,25D;4D2,5D2,8D,9D,16D,17D,18D2,19D2,20D2,21D2,22D2,25D;4D2,5D2,9D,10D,11D,12D,13D,14D,15D,16D,17D,18D,19D2,20D2,21D,22D2. The zero-order chi connectivity index (χ0) is 163. The van der Waals surface area contributed by atoms with Crippen molar-refractivity contribution < 1.29 is 159 Å². The molecule has 7 aromatic carbocycles. The van der Waals surface area contributed by atoms with Gasteiger partial charge in [0.05, 0.1) is 60.5 Å². The molecular weight excluding hydrogens is 1920 g/mol. The summed E-state index contributed by atoms with van der Waals surface area (Å²) in [5.41, 5.74) is -22.8. The Morgan fingerprint density at radius 2 is 0.771 bits per heavy atom. The monoisotopic (exact) mass is 2110 g/mol. The Kier molecular flexibility index (Phi) is 18.0. The number of alkyl halides is 9. The van der Waals surface area contributed by atoms with Gasteiger partial charge in [-0.05, 0) is 242 Å². The highest BCUT2D eigenvalue weighted by atomic mass is 32.2. The molecule has 0 fully saturated rings. The molecule has 15 rings (SSSR count). The lowest BCUT2D eigenvalue weighted by molar-refractivity contribution is -0.138. The minimum absolute atomic E-state index is 0.00231. The molecule has 18 nitrogen and oxygen atoms in total. The van der Waals surface area contributed by atoms with Gasteiger partial charge in [0.2, 0.25) is 17.7 Å². The van der Waals surface area contributed by atoms with Crippen LogP contribution in [-0.2, 0) is 115 Å². The van der Waals surface area contributed by atoms with E-state index in [1.54, 1.807) is 0 Å². The second-order valence-corrected chi connectivity index (χ2v) is 32.5. The lowest BCUT2D eigenvalue weighted by atomic mass is 9.82. The number of carbonyl (C=O) groups excluding carboxylic acids is 3. The first kappa shape index (κ1) is 51.3. The van der Waals surface area contributed by atoms with Gasteiger partial charge in [0, 0.05) is 158 Å². The molecule has 144 heavy (non-hydrogen) atoms. The topological polar surface area (TPSA) is 175 Å². The summed E-state index contributed by atoms with van der Waals surface area (Å²) in [4.78, 5) is 94.9. The van der Waals surface area contributed by atoms with E-state index in [4.69, 9.17) is 75.4 Å². The van der Waals surface area contributed by atoms with Crippen molar-refractivity contribution in [2.45, 2.75) is 210 Å². The van der Waals surface area contributed by atoms with E-state index >= 15 is 14.4 Å². The van der Waals surface area contributed by atoms with E-state index in [-0.39, 0.29) is 79.5 Å². The first-order valence-corrected chi connectivity index (χ1v) is 45.0. The van der Waals surface area contributed by atoms with Crippen LogP contribution in [0.15, 0.2) is 246 Å². The molecule has 0 saturated carbocycles. The molecule has 0 saturated heterocycles. The SMILES string of the molecule is [2H]C1=C(C2=C([2H])C([2H])=C(C(F)(F)F)C(C)C2[2H])C([2H])C([2H])C(C([2H])([2H])N(C(=O)Cn2c(SCc3c([2H])c([2H])c(F)c([2H])c3[2H])nc(=O)c3c2CCC3)C([2H])([2H])C([2H])([2H])N(C([2H])([2H])C)C([2H])([2H])C)=C1[2H].[2H]c1c([2H])c(CSc2nc(=O)c3c(n2CC(=O)N(C([2H])([2H])c2c([2H])c([2H])c(-c4c([2H])c([2H])c(C(F)(F)F)c([2H])c4[2H])c([2H])c2[2H])C([2H])([2H])C([2H])([2H])N(C([2H])([2H])C)C([2H])([2H])C)C([2H])([2H])C([2H])(C)C3([2H])[2H])c([2H])c([2H])c1F.[2H]c1c([2H])c(CSc2nc(=O)c3c(n2CC(=O)N(C([2H])([2H])c2ccc(-c4ccc(C(F)(F)F)cc4)cc2)C([2H])([2H])C([2H])([2H])N(C([2H])([2H])C)C([2H])([2H])C)C([2H])([2H])C([2H])(C)C3([2H])[2H])c([2H])c([2H])c1F. The average Bonchev–Trinajstić information content (AvgIpc) is 1.49. The number of benzene rings is 7. The van der Waals surface area contributed by atoms with E-state index < -0.39 is 542 Å². The van der Waals surface area contributed by atoms with Crippen molar-refractivity contribution in [1.29, 1.82) is 0 Å². The van der Waals surface area contributed by atoms with Gasteiger partial charge in [0.25, 0.3) is 16.7 Å². The van der Waals surface area contributed by atoms with Crippen LogP contribution in [0, 0.1) is 35.2 Å². The van der Waals surface area contributed by atoms with Crippen molar-refractivity contribution in [3.05, 3.63) is 337 Å². The van der Waals surface area contributed by atoms with Crippen molar-refractivity contribution in [3.8, 4) is 22.3 Å². The Morgan fingerprint density at radius 1 is 0.403 bits per heavy atom. The number of hydrogen-bond donors (Lipinski definition) is 0. The molecule has 0 bridgehead atoms. The maximum atomic E-state index is 15.3. The van der Waals surface area contributed by atoms with Crippen molar-refractivity contribution >= 4 is 53.0 Å². The summed E-state index contributed by atoms with van der Waals surface area (Å²) >= 11 is 0.927. The van der Waals surface area contributed by atoms with Gasteiger partial charge < -0.3 is 43.1 Å². The molecule has 3 aromatic heterocycles. The molecule has 0 spiro atoms. The molecule has 0 N–H and O–H groups in total. The highest BCUT2D eigenvalue weighted by molar-refractivity contribution is 7.98. The highest BCUT2D eigenvalue weighted by Gasteiger charge is 2.40. The number of halogens is 12. The summed E-state index contributed by atoms with van der Waals surface area (Å²) in [6, 6.07) is -23.0. The van der Waals surface area contributed by atoms with Gasteiger partial charge in [-0.15, -0.1) is 0 Å². The number of fused-ring (bicyclic) bond motifs is 3. The van der Waals surface area contributed by atoms with Gasteiger partial charge in [-0.3, -0.25) is 28.8 Å². The summed E-state index contributed by atoms with van der Waals surface area (Å²) in [6.07, 6.45) is -35.5. The maximum absolute atomic E-state index is 15.3. The fraction of sp³-hybridized carbons (Fsp3) is 0.414. The lowest BCUT2D eigenvalue weighted by Gasteiger charge is -2.30. The first-order chi connectivity index (χ1) is 94.8. The molecule has 10 aromatic rings. The Bertz CT molecular complexity index is 10000. The predicted octanol–water partition coefficient (Wildman–Crippen LogP) is 22.4. The van der Waals surface area contributed by atoms with E-state index in [1.807, 2.05) is 0 Å². The largest absolute Gasteiger partial charge is 0.416 e. The van der Waals surface area contributed by atoms with Crippen LogP contribution in [0.1, 0.15) is 252 Å². The quantitative estimate of drug-likeness (QED) is 0.0202. The number of thioether (sulfide) groups is 3. The molecular formula is C111H124F12N12O6S3. The second kappa shape index (κ2) is 50.6. The number of aromatic nitrogens is 6. The smallest absolute Gasteiger partial charge is 0.336 e. The molecule has 6 unspecified atom stereocenters. The number of nitrogens with zero attached hydrogens (tertiary/aromatic N) is 12. The molecule has 5 aliphatic rings. The fourth-order valence-corrected chi connectivity index (χ4v) is 15.8. The number of allylic oxidation sites excluding steroid dienone is 7. The lowest BCUT2D eigenvalue weighted by Crippen LogP contribution is -2.42. The first-order valence-electron chi connectivity index (χ1n) is 75.7. The van der Waals surface area contributed by atoms with Crippen molar-refractivity contribution in [3.63, 3.8) is 0 Å². The Hall–Kier alpha value is -11.4. The van der Waals surface area contributed by atoms with Gasteiger partial charge in [0.15, 0.2) is 15.5 Å². The number of likely N-dealkylation sites (N-methyl/N-ethyl adjacent to an activating group) is 3. The van der Waals surface area contributed by atoms with Gasteiger partial charge in [-0.1, -0.05) is 236 Å². The highest BCUT2D eigenvalue weighted by Crippen LogP contribution is 2.42. The van der Waals surface area contributed by atoms with Gasteiger partial charge in [0.1, 0.15) is 37.1 Å². The summed E-state index contributed by atoms with van der Waals surface area (Å²) in [6.45, 7) is -56.3. The Morgan fingerprint density at radius 3 is 1.17 bits per heavy atom. The van der Waals surface area contributed by atoms with E-state index in [9.17, 15) is 83.5 Å². The van der Waals surface area contributed by atoms with E-state index in [0.29, 0.717) is 64.8 Å². The number of carbonyl (C=O) groups is 3. The van der Waals surface area contributed by atoms with E-state index in [1.165, 1.54) is 0 Å². The van der Waals surface area contributed by atoms with Gasteiger partial charge in [-0.2, -0.15) is 54.5 Å². The van der Waals surface area contributed by atoms with Crippen LogP contribution in [-0.4, -0.2) is 166 Å². The molecule has 3 amide bonds. The van der Waals surface area contributed by atoms with Crippen LogP contribution < -0.4 is 16.7 Å². The Labute approximate surface area is 940 Å². The molecule has 0 aliphatic heterocycles. The summed E-state index contributed by atoms with van der Waals surface area (Å²) < 4.78 is 748. The number of hydrogen-bond acceptors (Lipinski definition) is 15. The minimum Gasteiger partial charge on any atom is -0.336 e. The number of rotatable bonds is 39. The minimum atomic E-state index is -5.52. The van der Waals surface area contributed by atoms with Crippen LogP contribution in [0.25, 0.3) is 22.3 Å².